The molecule has 0 bridgehead atoms. The maximum Gasteiger partial charge on any atom is 0.135 e. The molecule has 0 aliphatic rings. The normalized spacial score (nSPS) is 10.5. The number of aryl methyl sites for hydroxylation is 1. The fourth-order valence-electron chi connectivity index (χ4n) is 1.26. The zero-order valence-corrected chi connectivity index (χ0v) is 7.15. The number of hydrogen-bond acceptors (Lipinski definition) is 4. The number of fused-ring (bicyclic) bond motifs is 1. The van der Waals surface area contributed by atoms with Crippen LogP contribution in [0.3, 0.4) is 0 Å². The van der Waals surface area contributed by atoms with Crippen LogP contribution in [-0.4, -0.2) is 15.1 Å². The van der Waals surface area contributed by atoms with E-state index >= 15 is 0 Å². The topological polar surface area (TPSA) is 72.0 Å². The van der Waals surface area contributed by atoms with Gasteiger partial charge in [-0.15, -0.1) is 0 Å². The molecule has 4 heteroatoms. The van der Waals surface area contributed by atoms with Crippen molar-refractivity contribution in [3.05, 3.63) is 24.0 Å². The molecule has 1 heterocycles. The van der Waals surface area contributed by atoms with E-state index in [9.17, 15) is 5.11 Å². The van der Waals surface area contributed by atoms with Crippen LogP contribution in [0.5, 0.6) is 5.75 Å². The molecule has 0 atom stereocenters. The first-order valence-electron chi connectivity index (χ1n) is 3.89. The molecule has 0 unspecified atom stereocenters. The first-order valence-corrected chi connectivity index (χ1v) is 3.89. The molecule has 1 aromatic heterocycles. The predicted molar refractivity (Wildman–Crippen MR) is 50.4 cm³/mol. The van der Waals surface area contributed by atoms with Crippen molar-refractivity contribution in [3.8, 4) is 5.75 Å². The fourth-order valence-corrected chi connectivity index (χ4v) is 1.26. The van der Waals surface area contributed by atoms with E-state index in [1.165, 1.54) is 0 Å². The summed E-state index contributed by atoms with van der Waals surface area (Å²) in [6.45, 7) is 1.78. The minimum Gasteiger partial charge on any atom is -0.508 e. The molecule has 66 valence electrons. The van der Waals surface area contributed by atoms with Crippen LogP contribution in [0.2, 0.25) is 0 Å². The molecule has 0 aliphatic heterocycles. The summed E-state index contributed by atoms with van der Waals surface area (Å²) in [4.78, 5) is 8.17. The van der Waals surface area contributed by atoms with E-state index in [1.54, 1.807) is 25.1 Å². The van der Waals surface area contributed by atoms with E-state index in [-0.39, 0.29) is 5.75 Å². The summed E-state index contributed by atoms with van der Waals surface area (Å²) in [6, 6.07) is 4.86. The third-order valence-corrected chi connectivity index (χ3v) is 1.82. The van der Waals surface area contributed by atoms with Gasteiger partial charge < -0.3 is 10.8 Å². The molecule has 0 saturated carbocycles. The van der Waals surface area contributed by atoms with Gasteiger partial charge in [0.2, 0.25) is 0 Å². The van der Waals surface area contributed by atoms with Gasteiger partial charge in [0.25, 0.3) is 0 Å². The van der Waals surface area contributed by atoms with Crippen LogP contribution in [0.15, 0.2) is 18.2 Å². The standard InChI is InChI=1S/C9H9N3O/c1-5-11-8-3-2-6(13)4-7(8)9(10)12-5/h2-4,13H,1H3,(H2,10,11,12). The zero-order valence-electron chi connectivity index (χ0n) is 7.15. The minimum absolute atomic E-state index is 0.173. The number of aromatic hydroxyl groups is 1. The van der Waals surface area contributed by atoms with E-state index in [2.05, 4.69) is 9.97 Å². The Morgan fingerprint density at radius 3 is 2.85 bits per heavy atom. The number of benzene rings is 1. The summed E-state index contributed by atoms with van der Waals surface area (Å²) in [5.41, 5.74) is 6.42. The molecule has 0 fully saturated rings. The molecule has 0 aliphatic carbocycles. The van der Waals surface area contributed by atoms with Gasteiger partial charge in [-0.05, 0) is 25.1 Å². The second-order valence-corrected chi connectivity index (χ2v) is 2.86. The van der Waals surface area contributed by atoms with Gasteiger partial charge in [-0.1, -0.05) is 0 Å². The lowest BCUT2D eigenvalue weighted by molar-refractivity contribution is 0.476. The Bertz CT molecular complexity index is 468. The van der Waals surface area contributed by atoms with Crippen molar-refractivity contribution in [1.29, 1.82) is 0 Å². The lowest BCUT2D eigenvalue weighted by Crippen LogP contribution is -1.96. The van der Waals surface area contributed by atoms with Crippen LogP contribution < -0.4 is 5.73 Å². The number of phenolic OH excluding ortho intramolecular Hbond substituents is 1. The summed E-state index contributed by atoms with van der Waals surface area (Å²) in [5.74, 6) is 1.21. The van der Waals surface area contributed by atoms with E-state index in [0.29, 0.717) is 17.0 Å². The average molecular weight is 175 g/mol. The molecule has 2 rings (SSSR count). The Morgan fingerprint density at radius 2 is 2.08 bits per heavy atom. The molecule has 0 amide bonds. The Hall–Kier alpha value is -1.84. The summed E-state index contributed by atoms with van der Waals surface area (Å²) >= 11 is 0. The predicted octanol–water partition coefficient (Wildman–Crippen LogP) is 1.23. The number of anilines is 1. The highest BCUT2D eigenvalue weighted by atomic mass is 16.3. The van der Waals surface area contributed by atoms with E-state index in [0.717, 1.165) is 5.52 Å². The van der Waals surface area contributed by atoms with Crippen molar-refractivity contribution >= 4 is 16.7 Å². The summed E-state index contributed by atoms with van der Waals surface area (Å²) < 4.78 is 0. The number of nitrogens with two attached hydrogens (primary N) is 1. The van der Waals surface area contributed by atoms with E-state index in [4.69, 9.17) is 5.73 Å². The second kappa shape index (κ2) is 2.58. The fraction of sp³-hybridized carbons (Fsp3) is 0.111. The van der Waals surface area contributed by atoms with Crippen LogP contribution in [0.25, 0.3) is 10.9 Å². The maximum atomic E-state index is 9.21. The van der Waals surface area contributed by atoms with Crippen molar-refractivity contribution in [2.24, 2.45) is 0 Å². The smallest absolute Gasteiger partial charge is 0.135 e. The van der Waals surface area contributed by atoms with Gasteiger partial charge in [-0.25, -0.2) is 9.97 Å². The van der Waals surface area contributed by atoms with Crippen molar-refractivity contribution in [2.75, 3.05) is 5.73 Å². The van der Waals surface area contributed by atoms with Crippen molar-refractivity contribution in [1.82, 2.24) is 9.97 Å². The van der Waals surface area contributed by atoms with Gasteiger partial charge >= 0.3 is 0 Å². The zero-order chi connectivity index (χ0) is 9.42. The molecule has 3 N–H and O–H groups in total. The maximum absolute atomic E-state index is 9.21. The highest BCUT2D eigenvalue weighted by Crippen LogP contribution is 2.21. The molecule has 2 aromatic rings. The van der Waals surface area contributed by atoms with Gasteiger partial charge in [0.05, 0.1) is 5.52 Å². The second-order valence-electron chi connectivity index (χ2n) is 2.86. The largest absolute Gasteiger partial charge is 0.508 e. The van der Waals surface area contributed by atoms with Crippen LogP contribution in [-0.2, 0) is 0 Å². The number of nitrogens with zero attached hydrogens (tertiary/aromatic N) is 2. The number of rotatable bonds is 0. The third-order valence-electron chi connectivity index (χ3n) is 1.82. The summed E-state index contributed by atoms with van der Waals surface area (Å²) in [5, 5.41) is 9.90. The van der Waals surface area contributed by atoms with Crippen LogP contribution in [0, 0.1) is 6.92 Å². The highest BCUT2D eigenvalue weighted by Gasteiger charge is 2.02. The van der Waals surface area contributed by atoms with Gasteiger partial charge in [0.1, 0.15) is 17.4 Å². The van der Waals surface area contributed by atoms with Crippen molar-refractivity contribution < 1.29 is 5.11 Å². The quantitative estimate of drug-likeness (QED) is 0.631. The van der Waals surface area contributed by atoms with Gasteiger partial charge in [-0.2, -0.15) is 0 Å². The van der Waals surface area contributed by atoms with Gasteiger partial charge in [0, 0.05) is 5.39 Å². The van der Waals surface area contributed by atoms with E-state index in [1.807, 2.05) is 0 Å². The molecular weight excluding hydrogens is 166 g/mol. The molecule has 0 spiro atoms. The molecule has 4 nitrogen and oxygen atoms in total. The van der Waals surface area contributed by atoms with Gasteiger partial charge in [-0.3, -0.25) is 0 Å². The number of hydrogen-bond donors (Lipinski definition) is 2. The molecular formula is C9H9N3O. The Morgan fingerprint density at radius 1 is 1.31 bits per heavy atom. The summed E-state index contributed by atoms with van der Waals surface area (Å²) in [7, 11) is 0. The SMILES string of the molecule is Cc1nc(N)c2cc(O)ccc2n1. The molecule has 0 radical (unpaired) electrons. The third kappa shape index (κ3) is 1.26. The lowest BCUT2D eigenvalue weighted by atomic mass is 10.2. The van der Waals surface area contributed by atoms with Crippen LogP contribution >= 0.6 is 0 Å². The number of aromatic nitrogens is 2. The Balaban J connectivity index is 2.87. The Kier molecular flexibility index (Phi) is 1.55. The average Bonchev–Trinajstić information content (AvgIpc) is 2.06. The Labute approximate surface area is 75.1 Å². The van der Waals surface area contributed by atoms with Crippen LogP contribution in [0.4, 0.5) is 5.82 Å². The number of phenols is 1. The van der Waals surface area contributed by atoms with Crippen LogP contribution in [0.1, 0.15) is 5.82 Å². The first-order chi connectivity index (χ1) is 6.16. The first kappa shape index (κ1) is 7.79. The minimum atomic E-state index is 0.173. The highest BCUT2D eigenvalue weighted by molar-refractivity contribution is 5.88. The molecule has 0 saturated heterocycles. The van der Waals surface area contributed by atoms with Crippen molar-refractivity contribution in [3.63, 3.8) is 0 Å². The van der Waals surface area contributed by atoms with Gasteiger partial charge in [0.15, 0.2) is 0 Å². The summed E-state index contributed by atoms with van der Waals surface area (Å²) in [6.07, 6.45) is 0. The monoisotopic (exact) mass is 175 g/mol. The van der Waals surface area contributed by atoms with E-state index < -0.39 is 0 Å². The number of nitrogen functional groups attached to an aromatic ring is 1. The molecule has 13 heavy (non-hydrogen) atoms. The van der Waals surface area contributed by atoms with Crippen molar-refractivity contribution in [2.45, 2.75) is 6.92 Å². The molecule has 1 aromatic carbocycles. The lowest BCUT2D eigenvalue weighted by Gasteiger charge is -2.02.